The lowest BCUT2D eigenvalue weighted by atomic mass is 10.1. The third-order valence-electron chi connectivity index (χ3n) is 4.26. The van der Waals surface area contributed by atoms with Crippen molar-refractivity contribution in [3.63, 3.8) is 0 Å². The van der Waals surface area contributed by atoms with Crippen molar-refractivity contribution in [2.24, 2.45) is 0 Å². The number of amides is 1. The highest BCUT2D eigenvalue weighted by molar-refractivity contribution is 7.94. The second kappa shape index (κ2) is 6.37. The standard InChI is InChI=1S/C14H17N5O4S2/c20-14(19-6-2-1-3-7-19)11-12(17-23-16-11)18-25(21,22)10-8-15-13(24-10)9-4-5-9/h8-9H,1-7H2,(H,17,18). The molecule has 2 fully saturated rings. The van der Waals surface area contributed by atoms with Gasteiger partial charge >= 0.3 is 0 Å². The zero-order valence-corrected chi connectivity index (χ0v) is 15.0. The van der Waals surface area contributed by atoms with Crippen molar-refractivity contribution in [1.29, 1.82) is 0 Å². The largest absolute Gasteiger partial charge is 0.337 e. The molecule has 1 aliphatic heterocycles. The minimum Gasteiger partial charge on any atom is -0.337 e. The van der Waals surface area contributed by atoms with Gasteiger partial charge in [0.1, 0.15) is 0 Å². The van der Waals surface area contributed by atoms with Crippen molar-refractivity contribution in [2.45, 2.75) is 42.2 Å². The first-order valence-corrected chi connectivity index (χ1v) is 10.4. The van der Waals surface area contributed by atoms with Gasteiger partial charge < -0.3 is 4.90 Å². The minimum atomic E-state index is -3.88. The van der Waals surface area contributed by atoms with Gasteiger partial charge in [0.05, 0.1) is 11.2 Å². The summed E-state index contributed by atoms with van der Waals surface area (Å²) in [7, 11) is -3.88. The molecule has 0 radical (unpaired) electrons. The summed E-state index contributed by atoms with van der Waals surface area (Å²) in [4.78, 5) is 18.3. The zero-order valence-electron chi connectivity index (χ0n) is 13.3. The lowest BCUT2D eigenvalue weighted by molar-refractivity contribution is 0.0714. The van der Waals surface area contributed by atoms with E-state index in [-0.39, 0.29) is 21.6 Å². The second-order valence-corrected chi connectivity index (χ2v) is 9.18. The summed E-state index contributed by atoms with van der Waals surface area (Å²) < 4.78 is 32.1. The second-order valence-electron chi connectivity index (χ2n) is 6.21. The Labute approximate surface area is 148 Å². The summed E-state index contributed by atoms with van der Waals surface area (Å²) in [5, 5.41) is 7.98. The molecule has 1 aliphatic carbocycles. The van der Waals surface area contributed by atoms with Crippen molar-refractivity contribution >= 4 is 33.1 Å². The van der Waals surface area contributed by atoms with Crippen LogP contribution < -0.4 is 4.72 Å². The van der Waals surface area contributed by atoms with Crippen LogP contribution in [0.25, 0.3) is 0 Å². The number of thiazole rings is 1. The van der Waals surface area contributed by atoms with Gasteiger partial charge in [-0.2, -0.15) is 0 Å². The third-order valence-corrected chi connectivity index (χ3v) is 7.22. The molecule has 0 unspecified atom stereocenters. The normalized spacial score (nSPS) is 18.3. The molecule has 2 aromatic rings. The Morgan fingerprint density at radius 3 is 2.72 bits per heavy atom. The van der Waals surface area contributed by atoms with Crippen molar-refractivity contribution in [3.05, 3.63) is 16.9 Å². The fourth-order valence-corrected chi connectivity index (χ4v) is 5.06. The van der Waals surface area contributed by atoms with E-state index in [1.165, 1.54) is 6.20 Å². The van der Waals surface area contributed by atoms with E-state index < -0.39 is 10.0 Å². The van der Waals surface area contributed by atoms with E-state index >= 15 is 0 Å². The average Bonchev–Trinajstić information content (AvgIpc) is 3.15. The van der Waals surface area contributed by atoms with Gasteiger partial charge in [0.2, 0.25) is 11.5 Å². The number of hydrogen-bond acceptors (Lipinski definition) is 8. The number of nitrogens with zero attached hydrogens (tertiary/aromatic N) is 4. The molecule has 9 nitrogen and oxygen atoms in total. The molecule has 0 bridgehead atoms. The van der Waals surface area contributed by atoms with E-state index in [2.05, 4.69) is 24.6 Å². The van der Waals surface area contributed by atoms with Crippen LogP contribution in [0.1, 0.15) is 53.5 Å². The molecule has 11 heteroatoms. The first kappa shape index (κ1) is 16.5. The maximum atomic E-state index is 12.5. The number of carbonyl (C=O) groups excluding carboxylic acids is 1. The molecule has 2 aromatic heterocycles. The van der Waals surface area contributed by atoms with E-state index in [1.807, 2.05) is 0 Å². The highest BCUT2D eigenvalue weighted by Crippen LogP contribution is 2.42. The maximum Gasteiger partial charge on any atom is 0.280 e. The number of piperidine rings is 1. The SMILES string of the molecule is O=C(c1nonc1NS(=O)(=O)c1cnc(C2CC2)s1)N1CCCCC1. The molecule has 0 spiro atoms. The van der Waals surface area contributed by atoms with Gasteiger partial charge in [0, 0.05) is 19.0 Å². The Morgan fingerprint density at radius 1 is 1.24 bits per heavy atom. The molecule has 1 saturated carbocycles. The van der Waals surface area contributed by atoms with Gasteiger partial charge in [-0.3, -0.25) is 9.52 Å². The first-order valence-electron chi connectivity index (χ1n) is 8.15. The Hall–Kier alpha value is -2.01. The molecule has 4 rings (SSSR count). The number of anilines is 1. The van der Waals surface area contributed by atoms with Crippen LogP contribution in [0.2, 0.25) is 0 Å². The number of hydrogen-bond donors (Lipinski definition) is 1. The predicted molar refractivity (Wildman–Crippen MR) is 89.0 cm³/mol. The van der Waals surface area contributed by atoms with E-state index in [9.17, 15) is 13.2 Å². The Bertz CT molecular complexity index is 881. The van der Waals surface area contributed by atoms with Crippen molar-refractivity contribution in [2.75, 3.05) is 17.8 Å². The zero-order chi connectivity index (χ0) is 17.4. The molecular formula is C14H17N5O4S2. The number of carbonyl (C=O) groups is 1. The summed E-state index contributed by atoms with van der Waals surface area (Å²) in [5.74, 6) is -0.183. The van der Waals surface area contributed by atoms with Crippen molar-refractivity contribution < 1.29 is 17.8 Å². The molecule has 134 valence electrons. The fraction of sp³-hybridized carbons (Fsp3) is 0.571. The average molecular weight is 383 g/mol. The smallest absolute Gasteiger partial charge is 0.280 e. The van der Waals surface area contributed by atoms with Crippen LogP contribution in [0.4, 0.5) is 5.82 Å². The van der Waals surface area contributed by atoms with Crippen molar-refractivity contribution in [3.8, 4) is 0 Å². The van der Waals surface area contributed by atoms with Crippen LogP contribution in [0, 0.1) is 0 Å². The summed E-state index contributed by atoms with van der Waals surface area (Å²) in [6.45, 7) is 1.24. The van der Waals surface area contributed by atoms with Crippen LogP contribution in [-0.4, -0.2) is 47.6 Å². The van der Waals surface area contributed by atoms with Gasteiger partial charge in [0.25, 0.3) is 15.9 Å². The topological polar surface area (TPSA) is 118 Å². The summed E-state index contributed by atoms with van der Waals surface area (Å²) in [6, 6.07) is 0. The van der Waals surface area contributed by atoms with E-state index in [0.717, 1.165) is 48.4 Å². The molecule has 0 aromatic carbocycles. The molecule has 1 saturated heterocycles. The van der Waals surface area contributed by atoms with Gasteiger partial charge in [-0.15, -0.1) is 11.3 Å². The predicted octanol–water partition coefficient (Wildman–Crippen LogP) is 1.83. The van der Waals surface area contributed by atoms with Crippen molar-refractivity contribution in [1.82, 2.24) is 20.2 Å². The molecule has 25 heavy (non-hydrogen) atoms. The Kier molecular flexibility index (Phi) is 4.20. The third kappa shape index (κ3) is 3.38. The highest BCUT2D eigenvalue weighted by atomic mass is 32.2. The summed E-state index contributed by atoms with van der Waals surface area (Å²) in [6.07, 6.45) is 6.34. The Balaban J connectivity index is 1.54. The minimum absolute atomic E-state index is 0.0915. The number of rotatable bonds is 5. The lowest BCUT2D eigenvalue weighted by Crippen LogP contribution is -2.36. The quantitative estimate of drug-likeness (QED) is 0.836. The maximum absolute atomic E-state index is 12.5. The molecule has 1 N–H and O–H groups in total. The van der Waals surface area contributed by atoms with E-state index in [4.69, 9.17) is 0 Å². The number of nitrogens with one attached hydrogen (secondary N) is 1. The molecule has 2 aliphatic rings. The van der Waals surface area contributed by atoms with Crippen LogP contribution in [0.15, 0.2) is 15.0 Å². The van der Waals surface area contributed by atoms with Gasteiger partial charge in [-0.25, -0.2) is 18.0 Å². The van der Waals surface area contributed by atoms with E-state index in [0.29, 0.717) is 19.0 Å². The van der Waals surface area contributed by atoms with E-state index in [1.54, 1.807) is 4.90 Å². The van der Waals surface area contributed by atoms with Gasteiger partial charge in [-0.1, -0.05) is 0 Å². The monoisotopic (exact) mass is 383 g/mol. The highest BCUT2D eigenvalue weighted by Gasteiger charge is 2.31. The van der Waals surface area contributed by atoms with Crippen LogP contribution in [0.5, 0.6) is 0 Å². The summed E-state index contributed by atoms with van der Waals surface area (Å²) >= 11 is 1.14. The molecule has 3 heterocycles. The number of likely N-dealkylation sites (tertiary alicyclic amines) is 1. The molecule has 1 amide bonds. The molecular weight excluding hydrogens is 366 g/mol. The lowest BCUT2D eigenvalue weighted by Gasteiger charge is -2.25. The van der Waals surface area contributed by atoms with Crippen LogP contribution >= 0.6 is 11.3 Å². The van der Waals surface area contributed by atoms with Gasteiger partial charge in [-0.05, 0) is 42.4 Å². The molecule has 0 atom stereocenters. The summed E-state index contributed by atoms with van der Waals surface area (Å²) in [5.41, 5.74) is -0.114. The first-order chi connectivity index (χ1) is 12.0. The fourth-order valence-electron chi connectivity index (χ4n) is 2.74. The van der Waals surface area contributed by atoms with Crippen LogP contribution in [0.3, 0.4) is 0 Å². The Morgan fingerprint density at radius 2 is 2.00 bits per heavy atom. The number of sulfonamides is 1. The van der Waals surface area contributed by atoms with Crippen LogP contribution in [-0.2, 0) is 10.0 Å². The number of aromatic nitrogens is 3. The van der Waals surface area contributed by atoms with Gasteiger partial charge in [0.15, 0.2) is 4.21 Å².